The maximum Gasteiger partial charge on any atom is 0.188 e. The second kappa shape index (κ2) is 20.6. The Balaban J connectivity index is 1.02. The molecule has 0 saturated heterocycles. The molecule has 0 aliphatic heterocycles. The average molecular weight is 1120 g/mol. The second-order valence-electron chi connectivity index (χ2n) is 20.9. The van der Waals surface area contributed by atoms with E-state index in [2.05, 4.69) is 87.3 Å². The van der Waals surface area contributed by atoms with Gasteiger partial charge in [-0.25, -0.2) is 84.4 Å². The Hall–Kier alpha value is -11.8. The van der Waals surface area contributed by atoms with E-state index in [0.29, 0.717) is 121 Å². The molecule has 7 aromatic heterocycles. The molecule has 86 heavy (non-hydrogen) atoms. The van der Waals surface area contributed by atoms with Crippen molar-refractivity contribution in [3.05, 3.63) is 209 Å². The molecule has 14 rings (SSSR count). The Morgan fingerprint density at radius 3 is 0.837 bits per heavy atom. The van der Waals surface area contributed by atoms with Gasteiger partial charge in [0, 0.05) is 60.5 Å². The molecule has 0 spiro atoms. The summed E-state index contributed by atoms with van der Waals surface area (Å²) in [6.07, 6.45) is 0. The third kappa shape index (κ3) is 9.31. The summed E-state index contributed by atoms with van der Waals surface area (Å²) in [5, 5.41) is 3.62. The zero-order valence-electron chi connectivity index (χ0n) is 47.8. The van der Waals surface area contributed by atoms with Crippen LogP contribution < -0.4 is 0 Å². The molecule has 19 heteroatoms. The Bertz CT molecular complexity index is 4660. The molecule has 7 heterocycles. The number of hydrogen-bond donors (Lipinski definition) is 0. The summed E-state index contributed by atoms with van der Waals surface area (Å²) in [6.45, 7) is 31.6. The predicted molar refractivity (Wildman–Crippen MR) is 331 cm³/mol. The van der Waals surface area contributed by atoms with Crippen LogP contribution in [0.2, 0.25) is 0 Å². The molecular formula is C67H47N19. The summed E-state index contributed by atoms with van der Waals surface area (Å²) in [4.78, 5) is 79.7. The third-order valence-electron chi connectivity index (χ3n) is 14.8. The summed E-state index contributed by atoms with van der Waals surface area (Å²) in [5.74, 6) is 8.11. The fourth-order valence-electron chi connectivity index (χ4n) is 11.4. The van der Waals surface area contributed by atoms with Crippen molar-refractivity contribution < 1.29 is 0 Å². The van der Waals surface area contributed by atoms with E-state index in [1.54, 1.807) is 0 Å². The fourth-order valence-corrected chi connectivity index (χ4v) is 11.4. The van der Waals surface area contributed by atoms with Crippen molar-refractivity contribution in [2.24, 2.45) is 0 Å². The predicted octanol–water partition coefficient (Wildman–Crippen LogP) is 14.0. The summed E-state index contributed by atoms with van der Waals surface area (Å²) in [7, 11) is 0. The minimum atomic E-state index is 0.298. The monoisotopic (exact) mass is 1120 g/mol. The Morgan fingerprint density at radius 2 is 0.547 bits per heavy atom. The molecule has 0 saturated carbocycles. The first kappa shape index (κ1) is 52.3. The van der Waals surface area contributed by atoms with Crippen molar-refractivity contribution in [2.45, 2.75) is 55.4 Å². The molecule has 410 valence electrons. The van der Waals surface area contributed by atoms with Crippen LogP contribution >= 0.6 is 0 Å². The molecule has 0 fully saturated rings. The minimum Gasteiger partial charge on any atom is -0.309 e. The maximum absolute atomic E-state index is 8.36. The Kier molecular flexibility index (Phi) is 12.5. The van der Waals surface area contributed by atoms with Crippen LogP contribution in [0.3, 0.4) is 0 Å². The van der Waals surface area contributed by atoms with Gasteiger partial charge in [0.25, 0.3) is 0 Å². The van der Waals surface area contributed by atoms with E-state index in [1.165, 1.54) is 0 Å². The topological polar surface area (TPSA) is 212 Å². The smallest absolute Gasteiger partial charge is 0.188 e. The van der Waals surface area contributed by atoms with Gasteiger partial charge in [-0.2, -0.15) is 0 Å². The second-order valence-corrected chi connectivity index (χ2v) is 20.9. The van der Waals surface area contributed by atoms with E-state index in [1.807, 2.05) is 146 Å². The average Bonchev–Trinajstić information content (AvgIpc) is 2.17. The number of rotatable bonds is 9. The quantitative estimate of drug-likeness (QED) is 0.123. The van der Waals surface area contributed by atoms with Gasteiger partial charge in [-0.05, 0) is 152 Å². The highest BCUT2D eigenvalue weighted by Crippen LogP contribution is 2.43. The van der Waals surface area contributed by atoms with Gasteiger partial charge in [-0.1, -0.05) is 42.5 Å². The van der Waals surface area contributed by atoms with Gasteiger partial charge < -0.3 is 9.13 Å². The van der Waals surface area contributed by atoms with Crippen LogP contribution in [0.25, 0.3) is 144 Å². The summed E-state index contributed by atoms with van der Waals surface area (Å²) < 4.78 is 4.34. The van der Waals surface area contributed by atoms with Gasteiger partial charge in [-0.15, -0.1) is 0 Å². The first-order valence-corrected chi connectivity index (χ1v) is 27.5. The number of hydrogen-bond acceptors (Lipinski definition) is 15. The van der Waals surface area contributed by atoms with Crippen molar-refractivity contribution in [1.29, 1.82) is 0 Å². The molecule has 7 aromatic carbocycles. The van der Waals surface area contributed by atoms with Crippen LogP contribution in [-0.2, 0) is 0 Å². The molecule has 0 atom stereocenters. The molecule has 19 nitrogen and oxygen atoms in total. The molecule has 0 aliphatic carbocycles. The van der Waals surface area contributed by atoms with Crippen LogP contribution in [0, 0.1) is 68.5 Å². The van der Waals surface area contributed by atoms with Crippen molar-refractivity contribution in [3.63, 3.8) is 0 Å². The Labute approximate surface area is 492 Å². The zero-order chi connectivity index (χ0) is 59.1. The highest BCUT2D eigenvalue weighted by atomic mass is 15.1. The highest BCUT2D eigenvalue weighted by molar-refractivity contribution is 6.13. The van der Waals surface area contributed by atoms with Crippen molar-refractivity contribution in [1.82, 2.24) is 83.9 Å². The molecule has 0 unspecified atom stereocenters. The number of aromatic nitrogens is 17. The van der Waals surface area contributed by atoms with Crippen LogP contribution in [-0.4, -0.2) is 83.9 Å². The number of aryl methyl sites for hydroxylation is 8. The van der Waals surface area contributed by atoms with Crippen molar-refractivity contribution in [2.75, 3.05) is 0 Å². The summed E-state index contributed by atoms with van der Waals surface area (Å²) in [5.41, 5.74) is 10.7. The number of fused-ring (bicyclic) bond motifs is 6. The van der Waals surface area contributed by atoms with Crippen molar-refractivity contribution in [3.8, 4) is 91.1 Å². The molecule has 0 radical (unpaired) electrons. The molecule has 0 amide bonds. The lowest BCUT2D eigenvalue weighted by molar-refractivity contribution is 0.928. The zero-order valence-corrected chi connectivity index (χ0v) is 47.8. The van der Waals surface area contributed by atoms with E-state index in [-0.39, 0.29) is 0 Å². The molecule has 0 bridgehead atoms. The van der Waals surface area contributed by atoms with Crippen LogP contribution in [0.5, 0.6) is 0 Å². The van der Waals surface area contributed by atoms with E-state index < -0.39 is 0 Å². The first-order chi connectivity index (χ1) is 41.7. The van der Waals surface area contributed by atoms with Crippen molar-refractivity contribution >= 4 is 55.0 Å². The third-order valence-corrected chi connectivity index (χ3v) is 14.8. The summed E-state index contributed by atoms with van der Waals surface area (Å²) >= 11 is 0. The van der Waals surface area contributed by atoms with Gasteiger partial charge in [0.1, 0.15) is 46.6 Å². The lowest BCUT2D eigenvalue weighted by atomic mass is 10.1. The highest BCUT2D eigenvalue weighted by Gasteiger charge is 2.25. The van der Waals surface area contributed by atoms with Crippen LogP contribution in [0.4, 0.5) is 11.4 Å². The lowest BCUT2D eigenvalue weighted by Gasteiger charge is -2.17. The van der Waals surface area contributed by atoms with Gasteiger partial charge in [0.05, 0.1) is 46.6 Å². The summed E-state index contributed by atoms with van der Waals surface area (Å²) in [6, 6.07) is 45.6. The first-order valence-electron chi connectivity index (χ1n) is 27.5. The maximum atomic E-state index is 8.36. The number of benzene rings is 7. The SMILES string of the molecule is [C-]#[N+]c1ccc(-n2c3ccc(-c4nc(C)nc(C)n4)cc3c3cc(-c4nc(C)nc(C)n4)ccc32)c(-c2nc(-c3ccccc3)nc(-c3cc([N+]#[C-])ccc3-n3c4ccc(-c5nc(C)nc(C)n5)cc4c4cc(-c5nc(C)nc(C)n5)ccc43)n2)c1. The van der Waals surface area contributed by atoms with E-state index >= 15 is 0 Å². The van der Waals surface area contributed by atoms with Crippen LogP contribution in [0.15, 0.2) is 140 Å². The van der Waals surface area contributed by atoms with E-state index in [4.69, 9.17) is 68.0 Å². The van der Waals surface area contributed by atoms with E-state index in [9.17, 15) is 0 Å². The largest absolute Gasteiger partial charge is 0.309 e. The molecule has 0 aliphatic rings. The van der Waals surface area contributed by atoms with Crippen LogP contribution in [0.1, 0.15) is 46.6 Å². The lowest BCUT2D eigenvalue weighted by Crippen LogP contribution is -2.05. The van der Waals surface area contributed by atoms with Gasteiger partial charge in [0.15, 0.2) is 52.1 Å². The molecule has 14 aromatic rings. The van der Waals surface area contributed by atoms with Gasteiger partial charge in [-0.3, -0.25) is 0 Å². The molecule has 0 N–H and O–H groups in total. The fraction of sp³-hybridized carbons (Fsp3) is 0.119. The standard InChI is InChI=1S/C67H47N19/c1-34-70-35(2)75-62(74-34)43-16-22-55-49(28-43)50-29-44(63-76-36(3)71-37(4)77-63)17-23-56(50)85(55)59-26-20-47(68-9)32-53(59)66-82-61(42-14-12-11-13-15-42)83-67(84-66)54-33-48(69-10)21-27-60(54)86-57-24-18-45(64-78-38(5)72-39(6)79-64)30-51(57)52-31-46(19-25-58(52)86)65-80-40(7)73-41(8)81-65/h11-33H,1-8H3. The van der Waals surface area contributed by atoms with Gasteiger partial charge >= 0.3 is 0 Å². The normalized spacial score (nSPS) is 11.5. The van der Waals surface area contributed by atoms with Gasteiger partial charge in [0.2, 0.25) is 0 Å². The molecular weight excluding hydrogens is 1070 g/mol. The number of nitrogens with zero attached hydrogens (tertiary/aromatic N) is 19. The van der Waals surface area contributed by atoms with E-state index in [0.717, 1.165) is 71.4 Å². The minimum absolute atomic E-state index is 0.298. The Morgan fingerprint density at radius 1 is 0.267 bits per heavy atom.